The molecule has 0 radical (unpaired) electrons. The number of oxazole rings is 1. The molecule has 2 fully saturated rings. The van der Waals surface area contributed by atoms with Gasteiger partial charge in [0.05, 0.1) is 10.6 Å². The Hall–Kier alpha value is -3.64. The zero-order valence-corrected chi connectivity index (χ0v) is 22.3. The molecule has 3 aromatic rings. The number of ketones is 1. The summed E-state index contributed by atoms with van der Waals surface area (Å²) in [6, 6.07) is 10.0. The van der Waals surface area contributed by atoms with E-state index < -0.39 is 23.4 Å². The van der Waals surface area contributed by atoms with E-state index in [1.165, 1.54) is 6.20 Å². The van der Waals surface area contributed by atoms with Crippen LogP contribution in [0.15, 0.2) is 47.0 Å². The summed E-state index contributed by atoms with van der Waals surface area (Å²) in [7, 11) is 0. The van der Waals surface area contributed by atoms with Crippen molar-refractivity contribution in [2.45, 2.75) is 31.9 Å². The predicted octanol–water partition coefficient (Wildman–Crippen LogP) is 4.62. The van der Waals surface area contributed by atoms with Gasteiger partial charge in [-0.2, -0.15) is 18.2 Å². The van der Waals surface area contributed by atoms with Crippen LogP contribution in [0.25, 0.3) is 0 Å². The van der Waals surface area contributed by atoms with Crippen molar-refractivity contribution in [3.8, 4) is 0 Å². The molecule has 40 heavy (non-hydrogen) atoms. The number of carbonyl (C=O) groups excluding carboxylic acids is 2. The van der Waals surface area contributed by atoms with Gasteiger partial charge in [-0.15, -0.1) is 0 Å². The van der Waals surface area contributed by atoms with E-state index >= 15 is 0 Å². The van der Waals surface area contributed by atoms with Gasteiger partial charge in [-0.1, -0.05) is 29.8 Å². The summed E-state index contributed by atoms with van der Waals surface area (Å²) in [5.74, 6) is -1.20. The quantitative estimate of drug-likeness (QED) is 0.407. The Morgan fingerprint density at radius 1 is 0.950 bits per heavy atom. The van der Waals surface area contributed by atoms with Crippen LogP contribution in [-0.2, 0) is 12.6 Å². The van der Waals surface area contributed by atoms with Crippen molar-refractivity contribution in [2.24, 2.45) is 0 Å². The number of aromatic nitrogens is 2. The molecule has 5 rings (SSSR count). The largest absolute Gasteiger partial charge is 0.437 e. The van der Waals surface area contributed by atoms with Gasteiger partial charge in [0.1, 0.15) is 5.82 Å². The third-order valence-electron chi connectivity index (χ3n) is 6.92. The summed E-state index contributed by atoms with van der Waals surface area (Å²) in [6.45, 7) is 3.34. The maximum absolute atomic E-state index is 13.6. The highest BCUT2D eigenvalue weighted by Gasteiger charge is 2.41. The van der Waals surface area contributed by atoms with Gasteiger partial charge in [0.2, 0.25) is 11.5 Å². The number of Topliss-reactive ketones (excluding diaryl/α,β-unsaturated/α-hetero) is 1. The second-order valence-electron chi connectivity index (χ2n) is 9.74. The van der Waals surface area contributed by atoms with E-state index in [-0.39, 0.29) is 18.3 Å². The Labute approximate surface area is 233 Å². The van der Waals surface area contributed by atoms with Crippen molar-refractivity contribution < 1.29 is 27.2 Å². The van der Waals surface area contributed by atoms with E-state index in [4.69, 9.17) is 16.0 Å². The van der Waals surface area contributed by atoms with Crippen molar-refractivity contribution in [1.82, 2.24) is 20.4 Å². The zero-order valence-electron chi connectivity index (χ0n) is 21.6. The number of benzene rings is 1. The highest BCUT2D eigenvalue weighted by Crippen LogP contribution is 2.35. The molecule has 1 N–H and O–H groups in total. The second-order valence-corrected chi connectivity index (χ2v) is 10.1. The molecule has 1 amide bonds. The van der Waals surface area contributed by atoms with Crippen LogP contribution in [0, 0.1) is 0 Å². The Bertz CT molecular complexity index is 1350. The minimum Gasteiger partial charge on any atom is -0.420 e. The maximum atomic E-state index is 13.6. The van der Waals surface area contributed by atoms with Crippen LogP contribution in [0.4, 0.5) is 25.0 Å². The average Bonchev–Trinajstić information content (AvgIpc) is 3.42. The third-order valence-corrected chi connectivity index (χ3v) is 7.25. The summed E-state index contributed by atoms with van der Waals surface area (Å²) in [6.07, 6.45) is -0.969. The molecule has 2 aliphatic heterocycles. The number of pyridine rings is 1. The minimum absolute atomic E-state index is 0.161. The Morgan fingerprint density at radius 3 is 2.33 bits per heavy atom. The van der Waals surface area contributed by atoms with Crippen molar-refractivity contribution >= 4 is 35.1 Å². The number of hydrogen-bond donors (Lipinski definition) is 1. The lowest BCUT2D eigenvalue weighted by atomic mass is 10.1. The first kappa shape index (κ1) is 27.9. The minimum atomic E-state index is -4.81. The number of piperazine rings is 1. The van der Waals surface area contributed by atoms with E-state index in [1.54, 1.807) is 41.3 Å². The Morgan fingerprint density at radius 2 is 1.68 bits per heavy atom. The van der Waals surface area contributed by atoms with Crippen LogP contribution >= 0.6 is 11.6 Å². The highest BCUT2D eigenvalue weighted by atomic mass is 35.5. The molecule has 0 saturated carbocycles. The first-order valence-electron chi connectivity index (χ1n) is 13.1. The van der Waals surface area contributed by atoms with Crippen LogP contribution in [-0.4, -0.2) is 65.9 Å². The molecule has 1 aromatic carbocycles. The molecule has 212 valence electrons. The van der Waals surface area contributed by atoms with Gasteiger partial charge in [0.15, 0.2) is 5.69 Å². The number of piperidine rings is 1. The highest BCUT2D eigenvalue weighted by molar-refractivity contribution is 6.33. The van der Waals surface area contributed by atoms with Gasteiger partial charge in [-0.25, -0.2) is 9.99 Å². The lowest BCUT2D eigenvalue weighted by Gasteiger charge is -2.35. The second kappa shape index (κ2) is 11.8. The van der Waals surface area contributed by atoms with E-state index in [0.29, 0.717) is 61.2 Å². The third kappa shape index (κ3) is 6.39. The molecule has 2 aliphatic rings. The number of carbonyl (C=O) groups is 2. The van der Waals surface area contributed by atoms with Crippen LogP contribution in [0.5, 0.6) is 0 Å². The molecule has 0 bridgehead atoms. The fourth-order valence-electron chi connectivity index (χ4n) is 4.78. The normalized spacial score (nSPS) is 16.7. The molecular weight excluding hydrogens is 549 g/mol. The van der Waals surface area contributed by atoms with Crippen LogP contribution in [0.1, 0.15) is 51.4 Å². The number of rotatable bonds is 7. The fourth-order valence-corrected chi connectivity index (χ4v) is 5.00. The topological polar surface area (TPSA) is 94.8 Å². The molecule has 2 saturated heterocycles. The molecular formula is C27H28ClF3N6O3. The zero-order chi connectivity index (χ0) is 28.3. The van der Waals surface area contributed by atoms with E-state index in [2.05, 4.69) is 15.4 Å². The van der Waals surface area contributed by atoms with E-state index in [0.717, 1.165) is 19.3 Å². The average molecular weight is 577 g/mol. The molecule has 0 spiro atoms. The molecule has 0 atom stereocenters. The lowest BCUT2D eigenvalue weighted by Crippen LogP contribution is -2.53. The molecule has 2 aromatic heterocycles. The monoisotopic (exact) mass is 576 g/mol. The molecule has 0 aliphatic carbocycles. The number of hydrogen-bond acceptors (Lipinski definition) is 8. The first-order chi connectivity index (χ1) is 19.2. The maximum Gasteiger partial charge on any atom is 0.437 e. The predicted molar refractivity (Wildman–Crippen MR) is 143 cm³/mol. The molecule has 9 nitrogen and oxygen atoms in total. The van der Waals surface area contributed by atoms with Gasteiger partial charge in [-0.3, -0.25) is 15.0 Å². The van der Waals surface area contributed by atoms with Crippen LogP contribution < -0.4 is 15.2 Å². The smallest absolute Gasteiger partial charge is 0.420 e. The van der Waals surface area contributed by atoms with Gasteiger partial charge >= 0.3 is 6.18 Å². The Kier molecular flexibility index (Phi) is 8.27. The number of amides is 1. The van der Waals surface area contributed by atoms with Gasteiger partial charge in [0.25, 0.3) is 11.9 Å². The molecule has 4 heterocycles. The van der Waals surface area contributed by atoms with E-state index in [1.807, 2.05) is 9.91 Å². The van der Waals surface area contributed by atoms with Crippen molar-refractivity contribution in [2.75, 3.05) is 49.1 Å². The number of anilines is 2. The number of hydrazine groups is 1. The summed E-state index contributed by atoms with van der Waals surface area (Å²) >= 11 is 6.10. The van der Waals surface area contributed by atoms with Gasteiger partial charge in [-0.05, 0) is 43.0 Å². The van der Waals surface area contributed by atoms with Gasteiger partial charge in [0, 0.05) is 51.9 Å². The van der Waals surface area contributed by atoms with Crippen molar-refractivity contribution in [3.63, 3.8) is 0 Å². The molecule has 13 heteroatoms. The van der Waals surface area contributed by atoms with Crippen molar-refractivity contribution in [1.29, 1.82) is 0 Å². The summed E-state index contributed by atoms with van der Waals surface area (Å²) in [5.41, 5.74) is 2.43. The first-order valence-corrected chi connectivity index (χ1v) is 13.4. The number of alkyl halides is 3. The number of halogens is 4. The van der Waals surface area contributed by atoms with Gasteiger partial charge < -0.3 is 14.2 Å². The lowest BCUT2D eigenvalue weighted by molar-refractivity contribution is -0.141. The number of nitrogens with one attached hydrogen (secondary N) is 1. The van der Waals surface area contributed by atoms with Crippen LogP contribution in [0.3, 0.4) is 0 Å². The fraction of sp³-hybridized carbons (Fsp3) is 0.407. The summed E-state index contributed by atoms with van der Waals surface area (Å²) in [5, 5.41) is 2.19. The Balaban J connectivity index is 1.18. The van der Waals surface area contributed by atoms with Crippen molar-refractivity contribution in [3.05, 3.63) is 70.2 Å². The van der Waals surface area contributed by atoms with Crippen LogP contribution in [0.2, 0.25) is 5.02 Å². The van der Waals surface area contributed by atoms with E-state index in [9.17, 15) is 22.8 Å². The SMILES string of the molecule is O=C(NN1CCN(c2ccc(CC(=O)c3oc(N4CCCCC4)nc3C(F)(F)F)cn2)CC1)c1ccccc1Cl. The molecule has 0 unspecified atom stereocenters. The standard InChI is InChI=1S/C27H28ClF3N6O3/c28-20-7-3-2-6-19(20)25(39)34-37-14-12-35(13-15-37)22-9-8-18(17-32-22)16-21(38)23-24(27(29,30)31)33-26(40-23)36-10-4-1-5-11-36/h2-3,6-9,17H,1,4-5,10-16H2,(H,34,39). The summed E-state index contributed by atoms with van der Waals surface area (Å²) < 4.78 is 46.3. The number of nitrogens with zero attached hydrogens (tertiary/aromatic N) is 5. The summed E-state index contributed by atoms with van der Waals surface area (Å²) in [4.78, 5) is 37.1.